The van der Waals surface area contributed by atoms with Crippen LogP contribution >= 0.6 is 0 Å². The molecule has 0 heterocycles. The maximum Gasteiger partial charge on any atom is 0.0387 e. The molecule has 0 bridgehead atoms. The van der Waals surface area contributed by atoms with E-state index in [0.717, 1.165) is 11.4 Å². The lowest BCUT2D eigenvalue weighted by atomic mass is 9.82. The third-order valence-corrected chi connectivity index (χ3v) is 9.58. The molecule has 44 heavy (non-hydrogen) atoms. The van der Waals surface area contributed by atoms with Crippen molar-refractivity contribution < 1.29 is 0 Å². The third kappa shape index (κ3) is 4.70. The monoisotopic (exact) mass is 573 g/mol. The average Bonchev–Trinajstić information content (AvgIpc) is 3.41. The van der Waals surface area contributed by atoms with Crippen molar-refractivity contribution in [3.63, 3.8) is 0 Å². The summed E-state index contributed by atoms with van der Waals surface area (Å²) in [7, 11) is 0. The molecule has 0 fully saturated rings. The van der Waals surface area contributed by atoms with Gasteiger partial charge < -0.3 is 5.32 Å². The van der Waals surface area contributed by atoms with Gasteiger partial charge in [-0.1, -0.05) is 125 Å². The van der Waals surface area contributed by atoms with Crippen molar-refractivity contribution in [2.24, 2.45) is 5.84 Å². The topological polar surface area (TPSA) is 50.1 Å². The molecule has 2 aliphatic carbocycles. The van der Waals surface area contributed by atoms with Crippen molar-refractivity contribution in [1.82, 2.24) is 5.43 Å². The van der Waals surface area contributed by atoms with Crippen molar-refractivity contribution in [2.45, 2.75) is 45.1 Å². The van der Waals surface area contributed by atoms with Gasteiger partial charge in [-0.15, -0.1) is 0 Å². The molecule has 2 aliphatic rings. The smallest absolute Gasteiger partial charge is 0.0387 e. The number of hydrogen-bond donors (Lipinski definition) is 3. The van der Waals surface area contributed by atoms with Gasteiger partial charge in [0.25, 0.3) is 0 Å². The first kappa shape index (κ1) is 28.1. The molecule has 0 spiro atoms. The van der Waals surface area contributed by atoms with Gasteiger partial charge in [-0.25, -0.2) is 0 Å². The fraction of sp³-hybridized carbons (Fsp3) is 0.171. The fourth-order valence-electron chi connectivity index (χ4n) is 7.20. The van der Waals surface area contributed by atoms with E-state index < -0.39 is 0 Å². The van der Waals surface area contributed by atoms with E-state index in [0.29, 0.717) is 6.54 Å². The lowest BCUT2D eigenvalue weighted by Gasteiger charge is -2.23. The number of benzene rings is 6. The summed E-state index contributed by atoms with van der Waals surface area (Å²) in [5.41, 5.74) is 17.3. The summed E-state index contributed by atoms with van der Waals surface area (Å²) in [6, 6.07) is 45.9. The van der Waals surface area contributed by atoms with Crippen LogP contribution in [-0.2, 0) is 17.4 Å². The van der Waals surface area contributed by atoms with Crippen LogP contribution in [0.5, 0.6) is 0 Å². The van der Waals surface area contributed by atoms with Crippen LogP contribution in [0.15, 0.2) is 127 Å². The lowest BCUT2D eigenvalue weighted by molar-refractivity contribution is 0.660. The number of hydrazine groups is 1. The van der Waals surface area contributed by atoms with Crippen molar-refractivity contribution in [2.75, 3.05) is 5.32 Å². The summed E-state index contributed by atoms with van der Waals surface area (Å²) in [4.78, 5) is 0. The molecular weight excluding hydrogens is 534 g/mol. The van der Waals surface area contributed by atoms with Gasteiger partial charge in [-0.3, -0.25) is 11.3 Å². The predicted octanol–water partition coefficient (Wildman–Crippen LogP) is 9.85. The predicted molar refractivity (Wildman–Crippen MR) is 186 cm³/mol. The Labute approximate surface area is 260 Å². The molecule has 0 saturated heterocycles. The largest absolute Gasteiger partial charge is 0.356 e. The molecule has 0 atom stereocenters. The van der Waals surface area contributed by atoms with E-state index in [1.165, 1.54) is 60.8 Å². The molecule has 6 aromatic carbocycles. The number of nitrogens with two attached hydrogens (primary N) is 1. The maximum absolute atomic E-state index is 5.25. The Bertz CT molecular complexity index is 1910. The lowest BCUT2D eigenvalue weighted by Crippen LogP contribution is -2.20. The van der Waals surface area contributed by atoms with Crippen molar-refractivity contribution >= 4 is 22.1 Å². The number of rotatable bonds is 4. The molecule has 0 amide bonds. The van der Waals surface area contributed by atoms with Gasteiger partial charge in [0.2, 0.25) is 0 Å². The molecule has 0 unspecified atom stereocenters. The van der Waals surface area contributed by atoms with Crippen molar-refractivity contribution in [3.8, 4) is 22.3 Å². The number of fused-ring (bicyclic) bond motifs is 7. The van der Waals surface area contributed by atoms with Gasteiger partial charge in [0, 0.05) is 28.7 Å². The van der Waals surface area contributed by atoms with E-state index >= 15 is 0 Å². The zero-order chi connectivity index (χ0) is 30.5. The van der Waals surface area contributed by atoms with Crippen LogP contribution in [-0.4, -0.2) is 0 Å². The minimum absolute atomic E-state index is 0.0190. The summed E-state index contributed by atoms with van der Waals surface area (Å²) >= 11 is 0. The molecule has 4 N–H and O–H groups in total. The molecule has 3 heteroatoms. The summed E-state index contributed by atoms with van der Waals surface area (Å²) in [6.07, 6.45) is 0. The molecule has 0 aliphatic heterocycles. The molecular formula is C41H39N3. The van der Waals surface area contributed by atoms with E-state index in [9.17, 15) is 0 Å². The summed E-state index contributed by atoms with van der Waals surface area (Å²) in [5.74, 6) is 5.25. The highest BCUT2D eigenvalue weighted by molar-refractivity contribution is 5.85. The quantitative estimate of drug-likeness (QED) is 0.145. The fourth-order valence-corrected chi connectivity index (χ4v) is 7.20. The van der Waals surface area contributed by atoms with Crippen LogP contribution in [0.1, 0.15) is 55.5 Å². The Morgan fingerprint density at radius 2 is 0.955 bits per heavy atom. The standard InChI is InChI=1S/C30H27N.C11H12N2/c1-29(2)25-11-7-5-9-21(25)23-15-13-19(17-27(23)29)31-20-14-16-24-22-10-6-8-12-26(22)30(3,4)28(24)18-20;12-13-8-9-5-6-10-3-1-2-4-11(10)7-9/h5-18,31H,1-4H3;1-7,13H,8,12H2. The van der Waals surface area contributed by atoms with Crippen molar-refractivity contribution in [3.05, 3.63) is 155 Å². The number of hydrogen-bond acceptors (Lipinski definition) is 3. The molecule has 0 aromatic heterocycles. The minimum Gasteiger partial charge on any atom is -0.356 e. The minimum atomic E-state index is 0.0190. The van der Waals surface area contributed by atoms with E-state index in [-0.39, 0.29) is 10.8 Å². The van der Waals surface area contributed by atoms with Gasteiger partial charge in [0.15, 0.2) is 0 Å². The van der Waals surface area contributed by atoms with E-state index in [4.69, 9.17) is 5.84 Å². The van der Waals surface area contributed by atoms with Gasteiger partial charge in [-0.05, 0) is 91.2 Å². The Hall–Kier alpha value is -4.70. The van der Waals surface area contributed by atoms with Crippen LogP contribution in [0.2, 0.25) is 0 Å². The summed E-state index contributed by atoms with van der Waals surface area (Å²) in [5, 5.41) is 6.22. The zero-order valence-electron chi connectivity index (χ0n) is 25.9. The highest BCUT2D eigenvalue weighted by Gasteiger charge is 2.36. The van der Waals surface area contributed by atoms with Crippen LogP contribution in [0.4, 0.5) is 11.4 Å². The second-order valence-electron chi connectivity index (χ2n) is 13.0. The van der Waals surface area contributed by atoms with Gasteiger partial charge in [-0.2, -0.15) is 0 Å². The van der Waals surface area contributed by atoms with E-state index in [1.54, 1.807) is 0 Å². The highest BCUT2D eigenvalue weighted by atomic mass is 15.2. The summed E-state index contributed by atoms with van der Waals surface area (Å²) in [6.45, 7) is 10.0. The van der Waals surface area contributed by atoms with Crippen molar-refractivity contribution in [1.29, 1.82) is 0 Å². The Morgan fingerprint density at radius 3 is 1.50 bits per heavy atom. The highest BCUT2D eigenvalue weighted by Crippen LogP contribution is 2.51. The van der Waals surface area contributed by atoms with Gasteiger partial charge >= 0.3 is 0 Å². The molecule has 6 aromatic rings. The zero-order valence-corrected chi connectivity index (χ0v) is 25.9. The normalized spacial score (nSPS) is 14.6. The summed E-state index contributed by atoms with van der Waals surface area (Å²) < 4.78 is 0. The SMILES string of the molecule is CC1(C)c2ccccc2-c2ccc(Nc3ccc4c(c3)C(C)(C)c3ccccc3-4)cc21.NNCc1ccc2ccccc2c1. The first-order valence-corrected chi connectivity index (χ1v) is 15.4. The number of anilines is 2. The molecule has 0 saturated carbocycles. The Kier molecular flexibility index (Phi) is 6.88. The third-order valence-electron chi connectivity index (χ3n) is 9.58. The van der Waals surface area contributed by atoms with Gasteiger partial charge in [0.05, 0.1) is 0 Å². The first-order valence-electron chi connectivity index (χ1n) is 15.4. The first-order chi connectivity index (χ1) is 21.3. The Morgan fingerprint density at radius 1 is 0.477 bits per heavy atom. The van der Waals surface area contributed by atoms with Crippen LogP contribution in [0.25, 0.3) is 33.0 Å². The molecule has 0 radical (unpaired) electrons. The van der Waals surface area contributed by atoms with E-state index in [2.05, 4.69) is 154 Å². The van der Waals surface area contributed by atoms with Crippen LogP contribution in [0, 0.1) is 0 Å². The van der Waals surface area contributed by atoms with Crippen LogP contribution in [0.3, 0.4) is 0 Å². The van der Waals surface area contributed by atoms with Gasteiger partial charge in [0.1, 0.15) is 0 Å². The molecule has 3 nitrogen and oxygen atoms in total. The average molecular weight is 574 g/mol. The van der Waals surface area contributed by atoms with Crippen LogP contribution < -0.4 is 16.6 Å². The Balaban J connectivity index is 0.000000201. The molecule has 218 valence electrons. The number of nitrogens with one attached hydrogen (secondary N) is 2. The molecule has 8 rings (SSSR count). The second kappa shape index (κ2) is 10.8. The maximum atomic E-state index is 5.25. The second-order valence-corrected chi connectivity index (χ2v) is 13.0. The van der Waals surface area contributed by atoms with E-state index in [1.807, 2.05) is 12.1 Å².